The van der Waals surface area contributed by atoms with Crippen molar-refractivity contribution < 1.29 is 9.59 Å². The lowest BCUT2D eigenvalue weighted by Crippen LogP contribution is -2.47. The molecule has 3 rings (SSSR count). The van der Waals surface area contributed by atoms with Crippen LogP contribution in [0, 0.1) is 13.8 Å². The van der Waals surface area contributed by atoms with Crippen LogP contribution in [0.15, 0.2) is 18.2 Å². The second kappa shape index (κ2) is 6.76. The third-order valence-corrected chi connectivity index (χ3v) is 4.62. The zero-order valence-electron chi connectivity index (χ0n) is 14.4. The Hall–Kier alpha value is -2.54. The van der Waals surface area contributed by atoms with Gasteiger partial charge in [0, 0.05) is 31.5 Å². The number of benzene rings is 1. The number of piperazine rings is 1. The predicted octanol–water partition coefficient (Wildman–Crippen LogP) is 1.88. The Bertz CT molecular complexity index is 846. The van der Waals surface area contributed by atoms with Crippen molar-refractivity contribution in [1.29, 1.82) is 0 Å². The lowest BCUT2D eigenvalue weighted by atomic mass is 10.1. The Morgan fingerprint density at radius 2 is 2.12 bits per heavy atom. The van der Waals surface area contributed by atoms with Crippen molar-refractivity contribution >= 4 is 34.8 Å². The lowest BCUT2D eigenvalue weighted by molar-refractivity contribution is -0.120. The Morgan fingerprint density at radius 3 is 2.72 bits per heavy atom. The fourth-order valence-electron chi connectivity index (χ4n) is 2.98. The van der Waals surface area contributed by atoms with Crippen LogP contribution >= 0.6 is 11.6 Å². The zero-order valence-corrected chi connectivity index (χ0v) is 15.1. The van der Waals surface area contributed by atoms with Crippen molar-refractivity contribution in [3.63, 3.8) is 0 Å². The average Bonchev–Trinajstić information content (AvgIpc) is 2.80. The van der Waals surface area contributed by atoms with Gasteiger partial charge in [0.15, 0.2) is 0 Å². The summed E-state index contributed by atoms with van der Waals surface area (Å²) < 4.78 is 1.68. The average molecular weight is 362 g/mol. The van der Waals surface area contributed by atoms with Crippen molar-refractivity contribution in [2.75, 3.05) is 29.9 Å². The molecule has 0 spiro atoms. The van der Waals surface area contributed by atoms with Gasteiger partial charge in [-0.1, -0.05) is 11.6 Å². The highest BCUT2D eigenvalue weighted by Crippen LogP contribution is 2.29. The molecule has 1 aliphatic heterocycles. The van der Waals surface area contributed by atoms with E-state index in [2.05, 4.69) is 15.7 Å². The molecular weight excluding hydrogens is 342 g/mol. The van der Waals surface area contributed by atoms with Gasteiger partial charge in [-0.25, -0.2) is 0 Å². The quantitative estimate of drug-likeness (QED) is 0.874. The van der Waals surface area contributed by atoms with Gasteiger partial charge in [-0.15, -0.1) is 0 Å². The molecule has 1 saturated heterocycles. The second-order valence-corrected chi connectivity index (χ2v) is 6.47. The molecule has 7 nitrogen and oxygen atoms in total. The molecule has 0 aliphatic carbocycles. The van der Waals surface area contributed by atoms with Crippen molar-refractivity contribution in [3.8, 4) is 0 Å². The Labute approximate surface area is 150 Å². The van der Waals surface area contributed by atoms with Gasteiger partial charge in [-0.3, -0.25) is 14.3 Å². The monoisotopic (exact) mass is 361 g/mol. The molecule has 0 bridgehead atoms. The smallest absolute Gasteiger partial charge is 0.259 e. The van der Waals surface area contributed by atoms with Crippen LogP contribution in [0.25, 0.3) is 0 Å². The number of nitrogens with zero attached hydrogens (tertiary/aromatic N) is 3. The molecule has 132 valence electrons. The van der Waals surface area contributed by atoms with Crippen LogP contribution < -0.4 is 15.5 Å². The molecular formula is C17H20ClN5O2. The molecule has 0 saturated carbocycles. The van der Waals surface area contributed by atoms with Crippen LogP contribution in [0.5, 0.6) is 0 Å². The highest BCUT2D eigenvalue weighted by Gasteiger charge is 2.20. The maximum Gasteiger partial charge on any atom is 0.259 e. The van der Waals surface area contributed by atoms with E-state index in [4.69, 9.17) is 11.6 Å². The van der Waals surface area contributed by atoms with Crippen molar-refractivity contribution in [2.24, 2.45) is 7.05 Å². The molecule has 1 aliphatic rings. The first-order chi connectivity index (χ1) is 11.9. The van der Waals surface area contributed by atoms with E-state index in [9.17, 15) is 9.59 Å². The number of rotatable bonds is 3. The fourth-order valence-corrected chi connectivity index (χ4v) is 3.28. The number of nitrogens with one attached hydrogen (secondary N) is 2. The molecule has 2 heterocycles. The number of amides is 2. The van der Waals surface area contributed by atoms with Crippen LogP contribution in [0.4, 0.5) is 11.4 Å². The fraction of sp³-hybridized carbons (Fsp3) is 0.353. The standard InChI is InChI=1S/C17H20ClN5O2/c1-10-16(11(2)22(3)21-10)17(25)20-12-4-5-14(13(18)8-12)23-7-6-19-15(24)9-23/h4-5,8H,6-7,9H2,1-3H3,(H,19,24)(H,20,25). The summed E-state index contributed by atoms with van der Waals surface area (Å²) in [7, 11) is 1.81. The van der Waals surface area contributed by atoms with E-state index in [1.54, 1.807) is 30.8 Å². The maximum atomic E-state index is 12.5. The van der Waals surface area contributed by atoms with E-state index in [-0.39, 0.29) is 18.4 Å². The summed E-state index contributed by atoms with van der Waals surface area (Å²) in [6.07, 6.45) is 0. The predicted molar refractivity (Wildman–Crippen MR) is 97.3 cm³/mol. The van der Waals surface area contributed by atoms with Gasteiger partial charge in [-0.2, -0.15) is 5.10 Å². The molecule has 8 heteroatoms. The van der Waals surface area contributed by atoms with E-state index in [0.29, 0.717) is 35.1 Å². The number of aromatic nitrogens is 2. The molecule has 1 fully saturated rings. The molecule has 1 aromatic carbocycles. The third-order valence-electron chi connectivity index (χ3n) is 4.32. The van der Waals surface area contributed by atoms with Gasteiger partial charge in [0.05, 0.1) is 28.5 Å². The Kier molecular flexibility index (Phi) is 4.67. The number of aryl methyl sites for hydroxylation is 2. The molecule has 0 radical (unpaired) electrons. The van der Waals surface area contributed by atoms with Crippen LogP contribution in [0.3, 0.4) is 0 Å². The van der Waals surface area contributed by atoms with E-state index in [1.165, 1.54) is 0 Å². The van der Waals surface area contributed by atoms with Gasteiger partial charge in [0.2, 0.25) is 5.91 Å². The van der Waals surface area contributed by atoms with E-state index in [1.807, 2.05) is 17.9 Å². The summed E-state index contributed by atoms with van der Waals surface area (Å²) >= 11 is 6.37. The first kappa shape index (κ1) is 17.3. The lowest BCUT2D eigenvalue weighted by Gasteiger charge is -2.29. The molecule has 25 heavy (non-hydrogen) atoms. The zero-order chi connectivity index (χ0) is 18.1. The van der Waals surface area contributed by atoms with Crippen LogP contribution in [-0.4, -0.2) is 41.2 Å². The van der Waals surface area contributed by atoms with Crippen LogP contribution in [0.1, 0.15) is 21.7 Å². The summed E-state index contributed by atoms with van der Waals surface area (Å²) in [5.74, 6) is -0.244. The number of carbonyl (C=O) groups excluding carboxylic acids is 2. The summed E-state index contributed by atoms with van der Waals surface area (Å²) in [4.78, 5) is 26.0. The normalized spacial score (nSPS) is 14.4. The number of hydrogen-bond acceptors (Lipinski definition) is 4. The maximum absolute atomic E-state index is 12.5. The van der Waals surface area contributed by atoms with Gasteiger partial charge < -0.3 is 15.5 Å². The molecule has 2 aromatic rings. The number of halogens is 1. The van der Waals surface area contributed by atoms with Crippen molar-refractivity contribution in [3.05, 3.63) is 40.2 Å². The van der Waals surface area contributed by atoms with Crippen LogP contribution in [-0.2, 0) is 11.8 Å². The SMILES string of the molecule is Cc1nn(C)c(C)c1C(=O)Nc1ccc(N2CCNC(=O)C2)c(Cl)c1. The van der Waals surface area contributed by atoms with E-state index >= 15 is 0 Å². The highest BCUT2D eigenvalue weighted by molar-refractivity contribution is 6.33. The minimum atomic E-state index is -0.218. The van der Waals surface area contributed by atoms with Crippen molar-refractivity contribution in [1.82, 2.24) is 15.1 Å². The van der Waals surface area contributed by atoms with Gasteiger partial charge in [-0.05, 0) is 32.0 Å². The Balaban J connectivity index is 1.79. The first-order valence-corrected chi connectivity index (χ1v) is 8.37. The van der Waals surface area contributed by atoms with E-state index < -0.39 is 0 Å². The van der Waals surface area contributed by atoms with Crippen molar-refractivity contribution in [2.45, 2.75) is 13.8 Å². The largest absolute Gasteiger partial charge is 0.359 e. The summed E-state index contributed by atoms with van der Waals surface area (Å²) in [5, 5.41) is 10.4. The van der Waals surface area contributed by atoms with Gasteiger partial charge in [0.1, 0.15) is 0 Å². The third kappa shape index (κ3) is 3.46. The minimum absolute atomic E-state index is 0.0257. The first-order valence-electron chi connectivity index (χ1n) is 7.99. The minimum Gasteiger partial charge on any atom is -0.359 e. The van der Waals surface area contributed by atoms with Gasteiger partial charge in [0.25, 0.3) is 5.91 Å². The molecule has 0 atom stereocenters. The summed E-state index contributed by atoms with van der Waals surface area (Å²) in [6, 6.07) is 5.30. The summed E-state index contributed by atoms with van der Waals surface area (Å²) in [6.45, 7) is 5.23. The number of carbonyl (C=O) groups is 2. The number of anilines is 2. The topological polar surface area (TPSA) is 79.3 Å². The second-order valence-electron chi connectivity index (χ2n) is 6.06. The molecule has 1 aromatic heterocycles. The summed E-state index contributed by atoms with van der Waals surface area (Å²) in [5.41, 5.74) is 3.43. The molecule has 2 amide bonds. The number of hydrogen-bond donors (Lipinski definition) is 2. The highest BCUT2D eigenvalue weighted by atomic mass is 35.5. The molecule has 0 unspecified atom stereocenters. The molecule has 2 N–H and O–H groups in total. The Morgan fingerprint density at radius 1 is 1.36 bits per heavy atom. The van der Waals surface area contributed by atoms with E-state index in [0.717, 1.165) is 11.4 Å². The van der Waals surface area contributed by atoms with Crippen LogP contribution in [0.2, 0.25) is 5.02 Å². The van der Waals surface area contributed by atoms with Gasteiger partial charge >= 0.3 is 0 Å².